The summed E-state index contributed by atoms with van der Waals surface area (Å²) in [5, 5.41) is 9.05. The minimum atomic E-state index is -0.518. The number of rotatable bonds is 5. The molecular weight excluding hydrogens is 230 g/mol. The topological polar surface area (TPSA) is 59.3 Å². The minimum absolute atomic E-state index is 0.259. The molecule has 18 heavy (non-hydrogen) atoms. The molecule has 0 amide bonds. The Kier molecular flexibility index (Phi) is 5.46. The summed E-state index contributed by atoms with van der Waals surface area (Å²) in [6.45, 7) is 4.43. The summed E-state index contributed by atoms with van der Waals surface area (Å²) in [5.74, 6) is 0.149. The second-order valence-electron chi connectivity index (χ2n) is 3.38. The zero-order valence-corrected chi connectivity index (χ0v) is 10.5. The first-order valence-electron chi connectivity index (χ1n) is 5.73. The predicted octanol–water partition coefficient (Wildman–Crippen LogP) is 2.56. The van der Waals surface area contributed by atoms with Crippen molar-refractivity contribution in [2.24, 2.45) is 0 Å². The molecule has 1 aromatic rings. The first-order valence-corrected chi connectivity index (χ1v) is 5.73. The van der Waals surface area contributed by atoms with Gasteiger partial charge in [0.25, 0.3) is 0 Å². The Morgan fingerprint density at radius 2 is 2.17 bits per heavy atom. The third-order valence-corrected chi connectivity index (χ3v) is 2.13. The first-order chi connectivity index (χ1) is 8.71. The van der Waals surface area contributed by atoms with Crippen molar-refractivity contribution in [3.05, 3.63) is 35.9 Å². The van der Waals surface area contributed by atoms with E-state index in [9.17, 15) is 4.79 Å². The van der Waals surface area contributed by atoms with Crippen molar-refractivity contribution in [1.29, 1.82) is 5.26 Å². The van der Waals surface area contributed by atoms with Gasteiger partial charge >= 0.3 is 5.97 Å². The third-order valence-electron chi connectivity index (χ3n) is 2.13. The van der Waals surface area contributed by atoms with Crippen molar-refractivity contribution in [1.82, 2.24) is 0 Å². The Morgan fingerprint density at radius 3 is 2.78 bits per heavy atom. The van der Waals surface area contributed by atoms with Crippen molar-refractivity contribution in [2.75, 3.05) is 13.2 Å². The molecule has 0 N–H and O–H groups in total. The van der Waals surface area contributed by atoms with E-state index in [4.69, 9.17) is 14.7 Å². The number of hydrogen-bond donors (Lipinski definition) is 0. The number of esters is 1. The Bertz CT molecular complexity index is 486. The highest BCUT2D eigenvalue weighted by Gasteiger charge is 2.06. The molecule has 0 fully saturated rings. The van der Waals surface area contributed by atoms with Gasteiger partial charge in [-0.1, -0.05) is 12.1 Å². The molecule has 1 rings (SSSR count). The summed E-state index contributed by atoms with van der Waals surface area (Å²) in [6.07, 6.45) is 1.19. The van der Waals surface area contributed by atoms with E-state index in [0.717, 1.165) is 0 Å². The number of benzene rings is 1. The predicted molar refractivity (Wildman–Crippen MR) is 67.8 cm³/mol. The highest BCUT2D eigenvalue weighted by Crippen LogP contribution is 2.20. The molecule has 0 aliphatic carbocycles. The molecule has 0 atom stereocenters. The first kappa shape index (κ1) is 13.8. The lowest BCUT2D eigenvalue weighted by molar-refractivity contribution is -0.137. The molecular formula is C14H15NO3. The van der Waals surface area contributed by atoms with Crippen molar-refractivity contribution >= 4 is 11.5 Å². The zero-order valence-electron chi connectivity index (χ0n) is 10.5. The molecule has 0 saturated carbocycles. The molecule has 4 nitrogen and oxygen atoms in total. The smallest absolute Gasteiger partial charge is 0.332 e. The van der Waals surface area contributed by atoms with Gasteiger partial charge in [0.15, 0.2) is 0 Å². The molecule has 0 radical (unpaired) electrons. The van der Waals surface area contributed by atoms with E-state index < -0.39 is 5.97 Å². The van der Waals surface area contributed by atoms with Gasteiger partial charge in [-0.2, -0.15) is 5.26 Å². The Labute approximate surface area is 106 Å². The lowest BCUT2D eigenvalue weighted by atomic mass is 10.1. The largest absolute Gasteiger partial charge is 0.494 e. The van der Waals surface area contributed by atoms with Crippen LogP contribution < -0.4 is 4.74 Å². The van der Waals surface area contributed by atoms with Crippen LogP contribution >= 0.6 is 0 Å². The lowest BCUT2D eigenvalue weighted by Gasteiger charge is -2.05. The maximum absolute atomic E-state index is 11.3. The third kappa shape index (κ3) is 3.95. The number of nitriles is 1. The van der Waals surface area contributed by atoms with Crippen LogP contribution in [-0.2, 0) is 9.53 Å². The van der Waals surface area contributed by atoms with Crippen LogP contribution in [0.4, 0.5) is 0 Å². The van der Waals surface area contributed by atoms with E-state index in [1.54, 1.807) is 31.2 Å². The Hall–Kier alpha value is -2.28. The Morgan fingerprint density at radius 1 is 1.39 bits per heavy atom. The van der Waals surface area contributed by atoms with E-state index in [0.29, 0.717) is 17.9 Å². The van der Waals surface area contributed by atoms with Crippen LogP contribution in [0, 0.1) is 11.3 Å². The maximum atomic E-state index is 11.3. The summed E-state index contributed by atoms with van der Waals surface area (Å²) < 4.78 is 10.1. The van der Waals surface area contributed by atoms with E-state index >= 15 is 0 Å². The average molecular weight is 245 g/mol. The highest BCUT2D eigenvalue weighted by molar-refractivity contribution is 5.95. The van der Waals surface area contributed by atoms with Gasteiger partial charge in [0.1, 0.15) is 11.8 Å². The van der Waals surface area contributed by atoms with Crippen LogP contribution in [0.5, 0.6) is 5.75 Å². The molecule has 1 aromatic carbocycles. The van der Waals surface area contributed by atoms with Gasteiger partial charge in [-0.05, 0) is 31.5 Å². The van der Waals surface area contributed by atoms with Crippen molar-refractivity contribution < 1.29 is 14.3 Å². The number of hydrogen-bond acceptors (Lipinski definition) is 4. The van der Waals surface area contributed by atoms with Crippen LogP contribution in [0.1, 0.15) is 19.4 Å². The summed E-state index contributed by atoms with van der Waals surface area (Å²) in [4.78, 5) is 11.3. The molecule has 94 valence electrons. The van der Waals surface area contributed by atoms with Gasteiger partial charge < -0.3 is 9.47 Å². The number of nitrogens with zero attached hydrogens (tertiary/aromatic N) is 1. The van der Waals surface area contributed by atoms with Crippen molar-refractivity contribution in [3.63, 3.8) is 0 Å². The summed E-state index contributed by atoms with van der Waals surface area (Å²) in [6, 6.07) is 9.02. The number of ether oxygens (including phenoxy) is 2. The summed E-state index contributed by atoms with van der Waals surface area (Å²) in [5.41, 5.74) is 0.895. The molecule has 0 aromatic heterocycles. The van der Waals surface area contributed by atoms with Crippen LogP contribution in [0.15, 0.2) is 30.3 Å². The molecule has 0 saturated heterocycles. The maximum Gasteiger partial charge on any atom is 0.332 e. The SMILES string of the molecule is CCOC(=O)C=C(C#N)c1cccc(OCC)c1. The van der Waals surface area contributed by atoms with Crippen molar-refractivity contribution in [2.45, 2.75) is 13.8 Å². The molecule has 0 unspecified atom stereocenters. The standard InChI is InChI=1S/C14H15NO3/c1-3-17-13-7-5-6-11(8-13)12(10-15)9-14(16)18-4-2/h5-9H,3-4H2,1-2H3. The van der Waals surface area contributed by atoms with E-state index in [2.05, 4.69) is 0 Å². The number of carbonyl (C=O) groups is 1. The minimum Gasteiger partial charge on any atom is -0.494 e. The molecule has 4 heteroatoms. The van der Waals surface area contributed by atoms with Crippen LogP contribution in [0.3, 0.4) is 0 Å². The monoisotopic (exact) mass is 245 g/mol. The quantitative estimate of drug-likeness (QED) is 0.454. The fraction of sp³-hybridized carbons (Fsp3) is 0.286. The van der Waals surface area contributed by atoms with Gasteiger partial charge in [-0.25, -0.2) is 4.79 Å². The lowest BCUT2D eigenvalue weighted by Crippen LogP contribution is -2.00. The fourth-order valence-electron chi connectivity index (χ4n) is 1.40. The molecule has 0 aliphatic rings. The number of allylic oxidation sites excluding steroid dienone is 1. The van der Waals surface area contributed by atoms with Gasteiger partial charge in [0.05, 0.1) is 18.8 Å². The molecule has 0 aliphatic heterocycles. The molecule has 0 bridgehead atoms. The zero-order chi connectivity index (χ0) is 13.4. The van der Waals surface area contributed by atoms with Crippen LogP contribution in [0.2, 0.25) is 0 Å². The molecule has 0 heterocycles. The van der Waals surface area contributed by atoms with Gasteiger partial charge in [0.2, 0.25) is 0 Å². The number of carbonyl (C=O) groups excluding carboxylic acids is 1. The fourth-order valence-corrected chi connectivity index (χ4v) is 1.40. The summed E-state index contributed by atoms with van der Waals surface area (Å²) >= 11 is 0. The van der Waals surface area contributed by atoms with Crippen molar-refractivity contribution in [3.8, 4) is 11.8 Å². The second-order valence-corrected chi connectivity index (χ2v) is 3.38. The van der Waals surface area contributed by atoms with Gasteiger partial charge in [-0.15, -0.1) is 0 Å². The van der Waals surface area contributed by atoms with Crippen LogP contribution in [0.25, 0.3) is 5.57 Å². The Balaban J connectivity index is 2.99. The van der Waals surface area contributed by atoms with E-state index in [1.165, 1.54) is 6.08 Å². The summed E-state index contributed by atoms with van der Waals surface area (Å²) in [7, 11) is 0. The highest BCUT2D eigenvalue weighted by atomic mass is 16.5. The van der Waals surface area contributed by atoms with E-state index in [1.807, 2.05) is 13.0 Å². The normalized spacial score (nSPS) is 10.6. The average Bonchev–Trinajstić information content (AvgIpc) is 2.37. The van der Waals surface area contributed by atoms with Gasteiger partial charge in [0, 0.05) is 6.08 Å². The van der Waals surface area contributed by atoms with Crippen LogP contribution in [-0.4, -0.2) is 19.2 Å². The van der Waals surface area contributed by atoms with E-state index in [-0.39, 0.29) is 12.2 Å². The second kappa shape index (κ2) is 7.13. The molecule has 0 spiro atoms. The van der Waals surface area contributed by atoms with Gasteiger partial charge in [-0.3, -0.25) is 0 Å².